The van der Waals surface area contributed by atoms with E-state index in [-0.39, 0.29) is 17.0 Å². The van der Waals surface area contributed by atoms with Crippen LogP contribution < -0.4 is 0 Å². The average molecular weight is 433 g/mol. The van der Waals surface area contributed by atoms with Crippen molar-refractivity contribution < 1.29 is 17.9 Å². The maximum atomic E-state index is 14.9. The first-order valence-electron chi connectivity index (χ1n) is 11.9. The molecule has 31 heavy (non-hydrogen) atoms. The van der Waals surface area contributed by atoms with Crippen molar-refractivity contribution >= 4 is 0 Å². The zero-order chi connectivity index (χ0) is 22.2. The monoisotopic (exact) mass is 432 g/mol. The van der Waals surface area contributed by atoms with E-state index in [1.807, 2.05) is 13.0 Å². The first-order valence-corrected chi connectivity index (χ1v) is 11.9. The highest BCUT2D eigenvalue weighted by atomic mass is 19.2. The third kappa shape index (κ3) is 6.12. The lowest BCUT2D eigenvalue weighted by atomic mass is 9.88. The van der Waals surface area contributed by atoms with Crippen molar-refractivity contribution in [3.63, 3.8) is 0 Å². The Morgan fingerprint density at radius 3 is 2.29 bits per heavy atom. The van der Waals surface area contributed by atoms with Gasteiger partial charge in [0.05, 0.1) is 12.7 Å². The van der Waals surface area contributed by atoms with Crippen molar-refractivity contribution in [2.75, 3.05) is 6.61 Å². The van der Waals surface area contributed by atoms with E-state index < -0.39 is 17.5 Å². The Labute approximate surface area is 185 Å². The number of aryl methyl sites for hydroxylation is 1. The summed E-state index contributed by atoms with van der Waals surface area (Å²) in [5, 5.41) is 0. The van der Waals surface area contributed by atoms with Gasteiger partial charge in [0.2, 0.25) is 0 Å². The number of halogens is 3. The minimum absolute atomic E-state index is 0.0237. The zero-order valence-electron chi connectivity index (χ0n) is 18.9. The summed E-state index contributed by atoms with van der Waals surface area (Å²) < 4.78 is 49.8. The van der Waals surface area contributed by atoms with E-state index in [9.17, 15) is 13.2 Å². The van der Waals surface area contributed by atoms with Gasteiger partial charge in [-0.15, -0.1) is 0 Å². The highest BCUT2D eigenvalue weighted by Gasteiger charge is 2.24. The predicted octanol–water partition coefficient (Wildman–Crippen LogP) is 8.35. The fourth-order valence-electron chi connectivity index (χ4n) is 4.54. The van der Waals surface area contributed by atoms with Crippen LogP contribution >= 0.6 is 0 Å². The molecular weight excluding hydrogens is 397 g/mol. The van der Waals surface area contributed by atoms with Gasteiger partial charge < -0.3 is 4.74 Å². The van der Waals surface area contributed by atoms with E-state index in [1.54, 1.807) is 12.1 Å². The van der Waals surface area contributed by atoms with Crippen LogP contribution in [0.5, 0.6) is 0 Å². The Morgan fingerprint density at radius 2 is 1.61 bits per heavy atom. The fraction of sp³-hybridized carbons (Fsp3) is 0.556. The number of benzene rings is 2. The molecule has 4 heteroatoms. The van der Waals surface area contributed by atoms with Gasteiger partial charge in [0.25, 0.3) is 0 Å². The molecular formula is C27H35F3O. The Balaban J connectivity index is 1.61. The molecule has 0 N–H and O–H groups in total. The standard InChI is InChI=1S/C27H35F3O/c1-3-5-6-7-8-10-22-14-11-21(18-31-22)20-13-15-23(25(28)17-20)24-16-12-19(9-4-2)26(29)27(24)30/h12-13,15-17,21-22H,3-11,14,18H2,1-2H3. The molecule has 0 amide bonds. The van der Waals surface area contributed by atoms with Gasteiger partial charge >= 0.3 is 0 Å². The van der Waals surface area contributed by atoms with Crippen LogP contribution in [0.15, 0.2) is 30.3 Å². The Morgan fingerprint density at radius 1 is 0.839 bits per heavy atom. The third-order valence-electron chi connectivity index (χ3n) is 6.44. The van der Waals surface area contributed by atoms with Gasteiger partial charge in [-0.1, -0.05) is 76.6 Å². The van der Waals surface area contributed by atoms with Crippen LogP contribution in [-0.2, 0) is 11.2 Å². The van der Waals surface area contributed by atoms with Crippen molar-refractivity contribution in [1.82, 2.24) is 0 Å². The van der Waals surface area contributed by atoms with Crippen LogP contribution in [-0.4, -0.2) is 12.7 Å². The minimum Gasteiger partial charge on any atom is -0.378 e. The maximum Gasteiger partial charge on any atom is 0.167 e. The molecule has 2 aromatic rings. The van der Waals surface area contributed by atoms with E-state index in [0.717, 1.165) is 31.2 Å². The van der Waals surface area contributed by atoms with Crippen molar-refractivity contribution in [2.24, 2.45) is 0 Å². The summed E-state index contributed by atoms with van der Waals surface area (Å²) in [6, 6.07) is 7.90. The van der Waals surface area contributed by atoms with Gasteiger partial charge in [-0.2, -0.15) is 0 Å². The molecule has 1 aliphatic heterocycles. The van der Waals surface area contributed by atoms with Gasteiger partial charge in [-0.05, 0) is 42.9 Å². The summed E-state index contributed by atoms with van der Waals surface area (Å²) in [7, 11) is 0. The second kappa shape index (κ2) is 11.7. The first-order chi connectivity index (χ1) is 15.0. The summed E-state index contributed by atoms with van der Waals surface area (Å²) in [5.74, 6) is -2.21. The van der Waals surface area contributed by atoms with Crippen molar-refractivity contribution in [2.45, 2.75) is 90.1 Å². The van der Waals surface area contributed by atoms with Crippen LogP contribution in [0, 0.1) is 17.5 Å². The molecule has 170 valence electrons. The summed E-state index contributed by atoms with van der Waals surface area (Å²) >= 11 is 0. The number of ether oxygens (including phenoxy) is 1. The van der Waals surface area contributed by atoms with Crippen LogP contribution in [0.4, 0.5) is 13.2 Å². The summed E-state index contributed by atoms with van der Waals surface area (Å²) in [4.78, 5) is 0. The highest BCUT2D eigenvalue weighted by Crippen LogP contribution is 2.34. The second-order valence-corrected chi connectivity index (χ2v) is 8.82. The van der Waals surface area contributed by atoms with Gasteiger partial charge in [0, 0.05) is 17.0 Å². The molecule has 1 fully saturated rings. The highest BCUT2D eigenvalue weighted by molar-refractivity contribution is 5.66. The first kappa shape index (κ1) is 23.8. The van der Waals surface area contributed by atoms with E-state index in [1.165, 1.54) is 44.2 Å². The number of hydrogen-bond acceptors (Lipinski definition) is 1. The third-order valence-corrected chi connectivity index (χ3v) is 6.44. The van der Waals surface area contributed by atoms with Crippen LogP contribution in [0.1, 0.15) is 88.7 Å². The molecule has 2 atom stereocenters. The second-order valence-electron chi connectivity index (χ2n) is 8.82. The molecule has 1 heterocycles. The van der Waals surface area contributed by atoms with Crippen LogP contribution in [0.3, 0.4) is 0 Å². The quantitative estimate of drug-likeness (QED) is 0.343. The molecule has 0 bridgehead atoms. The molecule has 2 aromatic carbocycles. The van der Waals surface area contributed by atoms with Gasteiger partial charge in [-0.3, -0.25) is 0 Å². The lowest BCUT2D eigenvalue weighted by Crippen LogP contribution is -2.24. The van der Waals surface area contributed by atoms with E-state index in [4.69, 9.17) is 4.74 Å². The molecule has 0 aromatic heterocycles. The SMILES string of the molecule is CCCCCCCC1CCC(c2ccc(-c3ccc(CCC)c(F)c3F)c(F)c2)CO1. The van der Waals surface area contributed by atoms with Gasteiger partial charge in [0.15, 0.2) is 11.6 Å². The number of hydrogen-bond donors (Lipinski definition) is 0. The average Bonchev–Trinajstić information content (AvgIpc) is 2.78. The van der Waals surface area contributed by atoms with Crippen molar-refractivity contribution in [3.8, 4) is 11.1 Å². The molecule has 0 radical (unpaired) electrons. The Hall–Kier alpha value is -1.81. The minimum atomic E-state index is -0.972. The molecule has 1 aliphatic rings. The van der Waals surface area contributed by atoms with E-state index >= 15 is 0 Å². The van der Waals surface area contributed by atoms with Gasteiger partial charge in [-0.25, -0.2) is 13.2 Å². The molecule has 1 saturated heterocycles. The molecule has 0 spiro atoms. The zero-order valence-corrected chi connectivity index (χ0v) is 18.9. The van der Waals surface area contributed by atoms with Crippen LogP contribution in [0.25, 0.3) is 11.1 Å². The molecule has 0 aliphatic carbocycles. The normalized spacial score (nSPS) is 19.0. The lowest BCUT2D eigenvalue weighted by molar-refractivity contribution is -0.00217. The topological polar surface area (TPSA) is 9.23 Å². The van der Waals surface area contributed by atoms with Gasteiger partial charge in [0.1, 0.15) is 5.82 Å². The van der Waals surface area contributed by atoms with Crippen LogP contribution in [0.2, 0.25) is 0 Å². The Bertz CT molecular complexity index is 841. The Kier molecular flexibility index (Phi) is 9.01. The molecule has 3 rings (SSSR count). The molecule has 0 saturated carbocycles. The molecule has 1 nitrogen and oxygen atoms in total. The maximum absolute atomic E-state index is 14.9. The number of unbranched alkanes of at least 4 members (excludes halogenated alkanes) is 4. The van der Waals surface area contributed by atoms with E-state index in [0.29, 0.717) is 24.7 Å². The van der Waals surface area contributed by atoms with Crippen molar-refractivity contribution in [3.05, 3.63) is 58.9 Å². The fourth-order valence-corrected chi connectivity index (χ4v) is 4.54. The lowest BCUT2D eigenvalue weighted by Gasteiger charge is -2.29. The van der Waals surface area contributed by atoms with E-state index in [2.05, 4.69) is 6.92 Å². The number of rotatable bonds is 10. The summed E-state index contributed by atoms with van der Waals surface area (Å²) in [6.45, 7) is 4.72. The predicted molar refractivity (Wildman–Crippen MR) is 121 cm³/mol. The summed E-state index contributed by atoms with van der Waals surface area (Å²) in [6.07, 6.45) is 10.9. The smallest absolute Gasteiger partial charge is 0.167 e. The molecule has 2 unspecified atom stereocenters. The summed E-state index contributed by atoms with van der Waals surface area (Å²) in [5.41, 5.74) is 1.28. The van der Waals surface area contributed by atoms with Crippen molar-refractivity contribution in [1.29, 1.82) is 0 Å². The largest absolute Gasteiger partial charge is 0.378 e.